The zero-order valence-electron chi connectivity index (χ0n) is 16.7. The number of anilines is 2. The predicted octanol–water partition coefficient (Wildman–Crippen LogP) is 1.89. The number of hydrogen-bond acceptors (Lipinski definition) is 6. The van der Waals surface area contributed by atoms with Gasteiger partial charge in [-0.3, -0.25) is 4.99 Å². The van der Waals surface area contributed by atoms with E-state index in [-0.39, 0.29) is 24.0 Å². The van der Waals surface area contributed by atoms with Gasteiger partial charge in [-0.05, 0) is 31.0 Å². The molecular formula is C19H29IN8. The maximum absolute atomic E-state index is 4.63. The minimum Gasteiger partial charge on any atom is -0.363 e. The summed E-state index contributed by atoms with van der Waals surface area (Å²) in [5, 5.41) is 6.88. The molecule has 2 aromatic heterocycles. The Morgan fingerprint density at radius 3 is 2.75 bits per heavy atom. The number of aliphatic imine (C=N–C) groups is 1. The first-order valence-corrected chi connectivity index (χ1v) is 9.28. The van der Waals surface area contributed by atoms with Crippen molar-refractivity contribution in [2.75, 3.05) is 44.0 Å². The van der Waals surface area contributed by atoms with Crippen LogP contribution in [0.3, 0.4) is 0 Å². The lowest BCUT2D eigenvalue weighted by Crippen LogP contribution is -2.51. The molecule has 1 aliphatic rings. The van der Waals surface area contributed by atoms with E-state index < -0.39 is 0 Å². The lowest BCUT2D eigenvalue weighted by Gasteiger charge is -2.33. The van der Waals surface area contributed by atoms with Crippen LogP contribution in [-0.4, -0.2) is 61.2 Å². The summed E-state index contributed by atoms with van der Waals surface area (Å²) < 4.78 is 0. The molecule has 0 bridgehead atoms. The van der Waals surface area contributed by atoms with E-state index in [4.69, 9.17) is 0 Å². The Morgan fingerprint density at radius 1 is 1.25 bits per heavy atom. The highest BCUT2D eigenvalue weighted by Crippen LogP contribution is 2.15. The van der Waals surface area contributed by atoms with Crippen LogP contribution >= 0.6 is 24.0 Å². The molecule has 0 spiro atoms. The minimum atomic E-state index is 0. The molecule has 2 N–H and O–H groups in total. The van der Waals surface area contributed by atoms with Gasteiger partial charge >= 0.3 is 0 Å². The number of hydrogen-bond donors (Lipinski definition) is 2. The van der Waals surface area contributed by atoms with Gasteiger partial charge in [0.05, 0.1) is 12.2 Å². The number of rotatable bonds is 5. The molecule has 1 aliphatic heterocycles. The van der Waals surface area contributed by atoms with E-state index in [1.54, 1.807) is 19.4 Å². The molecule has 0 aliphatic carbocycles. The Hall–Kier alpha value is -2.17. The van der Waals surface area contributed by atoms with Gasteiger partial charge < -0.3 is 20.4 Å². The zero-order valence-corrected chi connectivity index (χ0v) is 19.0. The second-order valence-corrected chi connectivity index (χ2v) is 6.79. The van der Waals surface area contributed by atoms with E-state index in [1.165, 1.54) is 0 Å². The van der Waals surface area contributed by atoms with Crippen molar-refractivity contribution in [2.45, 2.75) is 25.4 Å². The third kappa shape index (κ3) is 6.18. The highest BCUT2D eigenvalue weighted by atomic mass is 127. The van der Waals surface area contributed by atoms with Crippen molar-refractivity contribution < 1.29 is 0 Å². The number of nitrogens with one attached hydrogen (secondary N) is 2. The van der Waals surface area contributed by atoms with E-state index in [1.807, 2.05) is 43.3 Å². The van der Waals surface area contributed by atoms with Gasteiger partial charge in [-0.25, -0.2) is 15.0 Å². The van der Waals surface area contributed by atoms with Crippen LogP contribution < -0.4 is 20.4 Å². The molecule has 0 radical (unpaired) electrons. The Balaban J connectivity index is 0.00000280. The summed E-state index contributed by atoms with van der Waals surface area (Å²) in [5.41, 5.74) is 0.979. The standard InChI is InChI=1S/C19H28N8.HI/c1-20-18(23-13-15-7-4-9-17(24-15)26(2)3)25-16-8-5-12-27(14-16)19-21-10-6-11-22-19;/h4,6-7,9-11,16H,5,8,12-14H2,1-3H3,(H2,20,23,25);1H. The third-order valence-corrected chi connectivity index (χ3v) is 4.51. The van der Waals surface area contributed by atoms with Gasteiger partial charge in [-0.1, -0.05) is 6.07 Å². The van der Waals surface area contributed by atoms with Crippen LogP contribution in [0.2, 0.25) is 0 Å². The summed E-state index contributed by atoms with van der Waals surface area (Å²) in [6.07, 6.45) is 5.77. The van der Waals surface area contributed by atoms with Crippen molar-refractivity contribution in [1.29, 1.82) is 0 Å². The summed E-state index contributed by atoms with van der Waals surface area (Å²) in [4.78, 5) is 21.9. The fourth-order valence-corrected chi connectivity index (χ4v) is 3.11. The van der Waals surface area contributed by atoms with Crippen LogP contribution in [-0.2, 0) is 6.54 Å². The van der Waals surface area contributed by atoms with Gasteiger partial charge in [-0.2, -0.15) is 0 Å². The fraction of sp³-hybridized carbons (Fsp3) is 0.474. The Labute approximate surface area is 183 Å². The molecule has 152 valence electrons. The predicted molar refractivity (Wildman–Crippen MR) is 125 cm³/mol. The first-order chi connectivity index (χ1) is 13.2. The van der Waals surface area contributed by atoms with Gasteiger partial charge in [0.25, 0.3) is 0 Å². The molecule has 3 heterocycles. The first kappa shape index (κ1) is 22.1. The van der Waals surface area contributed by atoms with Gasteiger partial charge in [0.1, 0.15) is 5.82 Å². The molecule has 0 saturated carbocycles. The van der Waals surface area contributed by atoms with Gasteiger partial charge in [0.2, 0.25) is 5.95 Å². The van der Waals surface area contributed by atoms with Gasteiger partial charge in [-0.15, -0.1) is 24.0 Å². The second-order valence-electron chi connectivity index (χ2n) is 6.79. The van der Waals surface area contributed by atoms with Crippen molar-refractivity contribution in [2.24, 2.45) is 4.99 Å². The van der Waals surface area contributed by atoms with Crippen LogP contribution in [0.1, 0.15) is 18.5 Å². The molecule has 28 heavy (non-hydrogen) atoms. The normalized spacial score (nSPS) is 16.9. The largest absolute Gasteiger partial charge is 0.363 e. The number of nitrogens with zero attached hydrogens (tertiary/aromatic N) is 6. The number of piperidine rings is 1. The molecule has 1 atom stereocenters. The molecule has 8 nitrogen and oxygen atoms in total. The Bertz CT molecular complexity index is 753. The third-order valence-electron chi connectivity index (χ3n) is 4.51. The lowest BCUT2D eigenvalue weighted by atomic mass is 10.1. The number of halogens is 1. The maximum atomic E-state index is 4.63. The summed E-state index contributed by atoms with van der Waals surface area (Å²) >= 11 is 0. The average Bonchev–Trinajstić information content (AvgIpc) is 2.72. The van der Waals surface area contributed by atoms with Crippen molar-refractivity contribution in [3.63, 3.8) is 0 Å². The SMILES string of the molecule is CN=C(NCc1cccc(N(C)C)n1)NC1CCCN(c2ncccn2)C1.I. The van der Waals surface area contributed by atoms with E-state index in [0.717, 1.165) is 49.4 Å². The molecule has 1 unspecified atom stereocenters. The molecule has 1 fully saturated rings. The molecule has 0 aromatic carbocycles. The Kier molecular flexibility index (Phi) is 8.68. The van der Waals surface area contributed by atoms with E-state index in [0.29, 0.717) is 12.6 Å². The summed E-state index contributed by atoms with van der Waals surface area (Å²) in [6.45, 7) is 2.47. The molecule has 2 aromatic rings. The van der Waals surface area contributed by atoms with E-state index in [2.05, 4.69) is 35.5 Å². The molecule has 0 amide bonds. The van der Waals surface area contributed by atoms with Crippen LogP contribution in [0, 0.1) is 0 Å². The van der Waals surface area contributed by atoms with Crippen LogP contribution in [0.5, 0.6) is 0 Å². The fourth-order valence-electron chi connectivity index (χ4n) is 3.11. The number of pyridine rings is 1. The van der Waals surface area contributed by atoms with Crippen LogP contribution in [0.4, 0.5) is 11.8 Å². The number of aromatic nitrogens is 3. The van der Waals surface area contributed by atoms with Crippen molar-refractivity contribution in [1.82, 2.24) is 25.6 Å². The quantitative estimate of drug-likeness (QED) is 0.372. The van der Waals surface area contributed by atoms with Crippen molar-refractivity contribution >= 4 is 41.7 Å². The highest BCUT2D eigenvalue weighted by Gasteiger charge is 2.22. The minimum absolute atomic E-state index is 0. The summed E-state index contributed by atoms with van der Waals surface area (Å²) in [7, 11) is 5.77. The first-order valence-electron chi connectivity index (χ1n) is 9.28. The molecular weight excluding hydrogens is 467 g/mol. The van der Waals surface area contributed by atoms with Gasteiger partial charge in [0, 0.05) is 52.7 Å². The Morgan fingerprint density at radius 2 is 2.04 bits per heavy atom. The second kappa shape index (κ2) is 11.0. The summed E-state index contributed by atoms with van der Waals surface area (Å²) in [5.74, 6) is 2.52. The highest BCUT2D eigenvalue weighted by molar-refractivity contribution is 14.0. The average molecular weight is 496 g/mol. The zero-order chi connectivity index (χ0) is 19.1. The lowest BCUT2D eigenvalue weighted by molar-refractivity contribution is 0.463. The monoisotopic (exact) mass is 496 g/mol. The summed E-state index contributed by atoms with van der Waals surface area (Å²) in [6, 6.07) is 8.18. The van der Waals surface area contributed by atoms with E-state index in [9.17, 15) is 0 Å². The maximum Gasteiger partial charge on any atom is 0.225 e. The van der Waals surface area contributed by atoms with E-state index >= 15 is 0 Å². The molecule has 9 heteroatoms. The van der Waals surface area contributed by atoms with Crippen LogP contribution in [0.25, 0.3) is 0 Å². The smallest absolute Gasteiger partial charge is 0.225 e. The van der Waals surface area contributed by atoms with Gasteiger partial charge in [0.15, 0.2) is 5.96 Å². The number of guanidine groups is 1. The van der Waals surface area contributed by atoms with Crippen LogP contribution in [0.15, 0.2) is 41.7 Å². The molecule has 1 saturated heterocycles. The topological polar surface area (TPSA) is 81.6 Å². The van der Waals surface area contributed by atoms with Crippen molar-refractivity contribution in [3.8, 4) is 0 Å². The molecule has 3 rings (SSSR count). The van der Waals surface area contributed by atoms with Crippen molar-refractivity contribution in [3.05, 3.63) is 42.4 Å².